The zero-order chi connectivity index (χ0) is 12.5. The summed E-state index contributed by atoms with van der Waals surface area (Å²) in [5, 5.41) is 0. The number of rotatable bonds is 3. The van der Waals surface area contributed by atoms with Crippen LogP contribution in [0, 0.1) is 5.92 Å². The number of hydrogen-bond donors (Lipinski definition) is 0. The molecule has 0 spiro atoms. The summed E-state index contributed by atoms with van der Waals surface area (Å²) in [6.07, 6.45) is 5.00. The number of ether oxygens (including phenoxy) is 1. The van der Waals surface area contributed by atoms with Gasteiger partial charge in [0.15, 0.2) is 0 Å². The van der Waals surface area contributed by atoms with Crippen LogP contribution in [0.15, 0.2) is 18.5 Å². The maximum absolute atomic E-state index is 5.99. The zero-order valence-electron chi connectivity index (χ0n) is 10.3. The van der Waals surface area contributed by atoms with Crippen LogP contribution >= 0.6 is 11.6 Å². The number of imidazole rings is 1. The predicted octanol–water partition coefficient (Wildman–Crippen LogP) is 2.60. The molecule has 1 aliphatic rings. The normalized spacial score (nSPS) is 23.9. The summed E-state index contributed by atoms with van der Waals surface area (Å²) in [6, 6.07) is 2.00. The Balaban J connectivity index is 1.98. The fraction of sp³-hybridized carbons (Fsp3) is 0.538. The molecule has 96 valence electrons. The highest BCUT2D eigenvalue weighted by Crippen LogP contribution is 2.25. The molecule has 0 bridgehead atoms. The average Bonchev–Trinajstić information content (AvgIpc) is 2.95. The minimum absolute atomic E-state index is 0.312. The van der Waals surface area contributed by atoms with E-state index in [2.05, 4.69) is 21.5 Å². The average molecular weight is 266 g/mol. The van der Waals surface area contributed by atoms with Crippen LogP contribution in [0.4, 0.5) is 0 Å². The SMILES string of the molecule is CC1OCCC1Cn1c(CCl)nc2cnccc21. The second kappa shape index (κ2) is 4.86. The van der Waals surface area contributed by atoms with Gasteiger partial charge in [-0.05, 0) is 19.4 Å². The summed E-state index contributed by atoms with van der Waals surface area (Å²) < 4.78 is 7.83. The summed E-state index contributed by atoms with van der Waals surface area (Å²) >= 11 is 5.99. The number of pyridine rings is 1. The molecule has 3 rings (SSSR count). The number of aromatic nitrogens is 3. The van der Waals surface area contributed by atoms with E-state index in [9.17, 15) is 0 Å². The molecular weight excluding hydrogens is 250 g/mol. The number of nitrogens with zero attached hydrogens (tertiary/aromatic N) is 3. The van der Waals surface area contributed by atoms with Crippen LogP contribution in [-0.4, -0.2) is 27.2 Å². The van der Waals surface area contributed by atoms with Crippen molar-refractivity contribution in [3.8, 4) is 0 Å². The van der Waals surface area contributed by atoms with E-state index < -0.39 is 0 Å². The van der Waals surface area contributed by atoms with E-state index in [1.165, 1.54) is 0 Å². The molecule has 3 heterocycles. The van der Waals surface area contributed by atoms with Gasteiger partial charge in [0.1, 0.15) is 11.3 Å². The van der Waals surface area contributed by atoms with Crippen molar-refractivity contribution in [2.75, 3.05) is 6.61 Å². The van der Waals surface area contributed by atoms with Gasteiger partial charge in [-0.1, -0.05) is 0 Å². The highest BCUT2D eigenvalue weighted by atomic mass is 35.5. The van der Waals surface area contributed by atoms with Crippen molar-refractivity contribution >= 4 is 22.6 Å². The molecule has 2 atom stereocenters. The molecule has 0 amide bonds. The van der Waals surface area contributed by atoms with Crippen molar-refractivity contribution in [2.45, 2.75) is 31.9 Å². The van der Waals surface area contributed by atoms with Gasteiger partial charge in [-0.25, -0.2) is 4.98 Å². The highest BCUT2D eigenvalue weighted by Gasteiger charge is 2.26. The fourth-order valence-electron chi connectivity index (χ4n) is 2.59. The lowest BCUT2D eigenvalue weighted by Gasteiger charge is -2.16. The van der Waals surface area contributed by atoms with Gasteiger partial charge in [-0.2, -0.15) is 0 Å². The minimum atomic E-state index is 0.312. The lowest BCUT2D eigenvalue weighted by Crippen LogP contribution is -2.19. The Bertz CT molecular complexity index is 554. The van der Waals surface area contributed by atoms with Gasteiger partial charge in [-0.15, -0.1) is 11.6 Å². The van der Waals surface area contributed by atoms with E-state index >= 15 is 0 Å². The van der Waals surface area contributed by atoms with Crippen molar-refractivity contribution in [2.24, 2.45) is 5.92 Å². The van der Waals surface area contributed by atoms with Crippen molar-refractivity contribution in [1.29, 1.82) is 0 Å². The lowest BCUT2D eigenvalue weighted by atomic mass is 10.0. The van der Waals surface area contributed by atoms with Crippen LogP contribution in [0.3, 0.4) is 0 Å². The van der Waals surface area contributed by atoms with Crippen molar-refractivity contribution < 1.29 is 4.74 Å². The first kappa shape index (κ1) is 11.9. The van der Waals surface area contributed by atoms with Crippen molar-refractivity contribution in [1.82, 2.24) is 14.5 Å². The Morgan fingerprint density at radius 2 is 2.44 bits per heavy atom. The van der Waals surface area contributed by atoms with E-state index in [1.807, 2.05) is 6.07 Å². The third kappa shape index (κ3) is 1.99. The Kier molecular flexibility index (Phi) is 3.22. The van der Waals surface area contributed by atoms with E-state index in [-0.39, 0.29) is 0 Å². The number of fused-ring (bicyclic) bond motifs is 1. The van der Waals surface area contributed by atoms with Crippen LogP contribution in [0.5, 0.6) is 0 Å². The summed E-state index contributed by atoms with van der Waals surface area (Å²) in [6.45, 7) is 3.92. The van der Waals surface area contributed by atoms with Gasteiger partial charge in [0, 0.05) is 25.3 Å². The Labute approximate surface area is 111 Å². The van der Waals surface area contributed by atoms with Crippen LogP contribution in [0.25, 0.3) is 11.0 Å². The van der Waals surface area contributed by atoms with Crippen molar-refractivity contribution in [3.05, 3.63) is 24.3 Å². The number of hydrogen-bond acceptors (Lipinski definition) is 3. The molecule has 2 aromatic heterocycles. The molecule has 1 saturated heterocycles. The molecule has 1 aliphatic heterocycles. The zero-order valence-corrected chi connectivity index (χ0v) is 11.1. The third-order valence-corrected chi connectivity index (χ3v) is 3.94. The standard InChI is InChI=1S/C13H16ClN3O/c1-9-10(3-5-18-9)8-17-12-2-4-15-7-11(12)16-13(17)6-14/h2,4,7,9-10H,3,5-6,8H2,1H3. The maximum atomic E-state index is 5.99. The monoisotopic (exact) mass is 265 g/mol. The molecule has 0 aromatic carbocycles. The van der Waals surface area contributed by atoms with E-state index in [1.54, 1.807) is 12.4 Å². The topological polar surface area (TPSA) is 39.9 Å². The first-order chi connectivity index (χ1) is 8.79. The van der Waals surface area contributed by atoms with Gasteiger partial charge in [0.2, 0.25) is 0 Å². The molecule has 2 unspecified atom stereocenters. The molecule has 4 nitrogen and oxygen atoms in total. The highest BCUT2D eigenvalue weighted by molar-refractivity contribution is 6.16. The Hall–Kier alpha value is -1.13. The lowest BCUT2D eigenvalue weighted by molar-refractivity contribution is 0.102. The molecule has 18 heavy (non-hydrogen) atoms. The largest absolute Gasteiger partial charge is 0.378 e. The van der Waals surface area contributed by atoms with Gasteiger partial charge in [0.05, 0.1) is 23.7 Å². The first-order valence-electron chi connectivity index (χ1n) is 6.26. The fourth-order valence-corrected chi connectivity index (χ4v) is 2.79. The number of halogens is 1. The van der Waals surface area contributed by atoms with E-state index in [0.29, 0.717) is 17.9 Å². The Morgan fingerprint density at radius 3 is 3.17 bits per heavy atom. The van der Waals surface area contributed by atoms with Crippen LogP contribution in [0.1, 0.15) is 19.2 Å². The van der Waals surface area contributed by atoms with E-state index in [4.69, 9.17) is 16.3 Å². The first-order valence-corrected chi connectivity index (χ1v) is 6.79. The summed E-state index contributed by atoms with van der Waals surface area (Å²) in [4.78, 5) is 8.63. The maximum Gasteiger partial charge on any atom is 0.124 e. The summed E-state index contributed by atoms with van der Waals surface area (Å²) in [5.41, 5.74) is 2.03. The van der Waals surface area contributed by atoms with Gasteiger partial charge in [-0.3, -0.25) is 4.98 Å². The minimum Gasteiger partial charge on any atom is -0.378 e. The third-order valence-electron chi connectivity index (χ3n) is 3.70. The summed E-state index contributed by atoms with van der Waals surface area (Å²) in [7, 11) is 0. The van der Waals surface area contributed by atoms with Crippen LogP contribution < -0.4 is 0 Å². The smallest absolute Gasteiger partial charge is 0.124 e. The molecule has 1 fully saturated rings. The second-order valence-corrected chi connectivity index (χ2v) is 5.03. The Morgan fingerprint density at radius 1 is 1.56 bits per heavy atom. The van der Waals surface area contributed by atoms with Crippen LogP contribution in [0.2, 0.25) is 0 Å². The molecule has 5 heteroatoms. The van der Waals surface area contributed by atoms with Crippen molar-refractivity contribution in [3.63, 3.8) is 0 Å². The van der Waals surface area contributed by atoms with Crippen LogP contribution in [-0.2, 0) is 17.2 Å². The summed E-state index contributed by atoms with van der Waals surface area (Å²) in [5.74, 6) is 1.88. The molecule has 2 aromatic rings. The second-order valence-electron chi connectivity index (χ2n) is 4.76. The van der Waals surface area contributed by atoms with Gasteiger partial charge < -0.3 is 9.30 Å². The van der Waals surface area contributed by atoms with E-state index in [0.717, 1.165) is 36.4 Å². The van der Waals surface area contributed by atoms with Gasteiger partial charge in [0.25, 0.3) is 0 Å². The molecule has 0 aliphatic carbocycles. The molecule has 0 radical (unpaired) electrons. The quantitative estimate of drug-likeness (QED) is 0.801. The molecular formula is C13H16ClN3O. The number of alkyl halides is 1. The van der Waals surface area contributed by atoms with Gasteiger partial charge >= 0.3 is 0 Å². The molecule has 0 N–H and O–H groups in total. The molecule has 0 saturated carbocycles. The predicted molar refractivity (Wildman–Crippen MR) is 70.6 cm³/mol.